The highest BCUT2D eigenvalue weighted by atomic mass is 35.5. The molecule has 0 aromatic carbocycles. The van der Waals surface area contributed by atoms with Crippen molar-refractivity contribution in [2.75, 3.05) is 5.73 Å². The van der Waals surface area contributed by atoms with Gasteiger partial charge in [-0.2, -0.15) is 0 Å². The highest BCUT2D eigenvalue weighted by molar-refractivity contribution is 7.12. The van der Waals surface area contributed by atoms with E-state index in [9.17, 15) is 4.79 Å². The molecule has 0 aliphatic heterocycles. The van der Waals surface area contributed by atoms with Gasteiger partial charge in [0.05, 0.1) is 4.88 Å². The summed E-state index contributed by atoms with van der Waals surface area (Å²) >= 11 is 1.49. The van der Waals surface area contributed by atoms with E-state index in [0.29, 0.717) is 6.42 Å². The van der Waals surface area contributed by atoms with Crippen LogP contribution < -0.4 is 5.73 Å². The number of hydrogen-bond donors (Lipinski definition) is 1. The number of thiophene rings is 1. The van der Waals surface area contributed by atoms with Gasteiger partial charge in [-0.3, -0.25) is 4.79 Å². The zero-order valence-corrected chi connectivity index (χ0v) is 8.13. The molecule has 0 saturated carbocycles. The number of ketones is 1. The molecule has 2 N–H and O–H groups in total. The van der Waals surface area contributed by atoms with Crippen molar-refractivity contribution in [1.29, 1.82) is 0 Å². The maximum Gasteiger partial charge on any atom is 0.173 e. The Hall–Kier alpha value is -0.540. The molecule has 0 unspecified atom stereocenters. The summed E-state index contributed by atoms with van der Waals surface area (Å²) in [6.07, 6.45) is 2.65. The number of hydrogen-bond acceptors (Lipinski definition) is 3. The first-order chi connectivity index (χ1) is 5.29. The molecule has 1 aliphatic rings. The second-order valence-electron chi connectivity index (χ2n) is 2.78. The predicted molar refractivity (Wildman–Crippen MR) is 53.2 cm³/mol. The van der Waals surface area contributed by atoms with Crippen molar-refractivity contribution in [1.82, 2.24) is 0 Å². The van der Waals surface area contributed by atoms with E-state index in [2.05, 4.69) is 0 Å². The van der Waals surface area contributed by atoms with Crippen molar-refractivity contribution in [2.45, 2.75) is 19.3 Å². The summed E-state index contributed by atoms with van der Waals surface area (Å²) in [4.78, 5) is 12.2. The van der Waals surface area contributed by atoms with Crippen molar-refractivity contribution in [3.05, 3.63) is 15.8 Å². The van der Waals surface area contributed by atoms with Crippen LogP contribution in [0.15, 0.2) is 5.38 Å². The first kappa shape index (κ1) is 9.55. The molecule has 1 aromatic heterocycles. The summed E-state index contributed by atoms with van der Waals surface area (Å²) in [7, 11) is 0. The second kappa shape index (κ2) is 3.46. The molecule has 4 heteroatoms. The number of nitrogen functional groups attached to an aromatic ring is 1. The van der Waals surface area contributed by atoms with E-state index in [-0.39, 0.29) is 18.2 Å². The van der Waals surface area contributed by atoms with Gasteiger partial charge < -0.3 is 5.73 Å². The summed E-state index contributed by atoms with van der Waals surface area (Å²) < 4.78 is 0. The number of nitrogens with two attached hydrogens (primary N) is 1. The fraction of sp³-hybridized carbons (Fsp3) is 0.375. The summed E-state index contributed by atoms with van der Waals surface area (Å²) in [6, 6.07) is 0. The number of carbonyl (C=O) groups is 1. The van der Waals surface area contributed by atoms with Crippen LogP contribution in [0.1, 0.15) is 28.1 Å². The molecule has 1 aliphatic carbocycles. The Morgan fingerprint density at radius 1 is 1.42 bits per heavy atom. The average Bonchev–Trinajstić information content (AvgIpc) is 2.35. The van der Waals surface area contributed by atoms with Crippen LogP contribution in [-0.2, 0) is 6.42 Å². The molecule has 0 fully saturated rings. The molecule has 1 heterocycles. The first-order valence-corrected chi connectivity index (χ1v) is 4.56. The van der Waals surface area contributed by atoms with Crippen LogP contribution in [0.4, 0.5) is 5.69 Å². The predicted octanol–water partition coefficient (Wildman–Crippen LogP) is 2.27. The SMILES string of the molecule is Cl.Nc1csc2c1CCCC2=O. The van der Waals surface area contributed by atoms with E-state index in [1.54, 1.807) is 0 Å². The van der Waals surface area contributed by atoms with Gasteiger partial charge in [0.2, 0.25) is 0 Å². The Kier molecular flexibility index (Phi) is 2.75. The Labute approximate surface area is 81.2 Å². The third-order valence-electron chi connectivity index (χ3n) is 2.01. The van der Waals surface area contributed by atoms with Crippen LogP contribution in [0.25, 0.3) is 0 Å². The highest BCUT2D eigenvalue weighted by Gasteiger charge is 2.20. The van der Waals surface area contributed by atoms with Crippen LogP contribution in [-0.4, -0.2) is 5.78 Å². The lowest BCUT2D eigenvalue weighted by molar-refractivity contribution is 0.0977. The second-order valence-corrected chi connectivity index (χ2v) is 3.66. The fourth-order valence-corrected chi connectivity index (χ4v) is 2.41. The molecule has 0 spiro atoms. The minimum atomic E-state index is 0. The number of Topliss-reactive ketones (excluding diaryl/α,β-unsaturated/α-hetero) is 1. The van der Waals surface area contributed by atoms with Crippen LogP contribution in [0, 0.1) is 0 Å². The summed E-state index contributed by atoms with van der Waals surface area (Å²) in [5.41, 5.74) is 7.57. The van der Waals surface area contributed by atoms with Gasteiger partial charge in [-0.25, -0.2) is 0 Å². The standard InChI is InChI=1S/C8H9NOS.ClH/c9-6-4-11-8-5(6)2-1-3-7(8)10;/h4H,1-3,9H2;1H. The molecule has 66 valence electrons. The van der Waals surface area contributed by atoms with Crippen molar-refractivity contribution in [2.24, 2.45) is 0 Å². The average molecular weight is 204 g/mol. The number of anilines is 1. The molecule has 2 nitrogen and oxygen atoms in total. The van der Waals surface area contributed by atoms with E-state index in [4.69, 9.17) is 5.73 Å². The molecule has 0 bridgehead atoms. The van der Waals surface area contributed by atoms with Gasteiger partial charge >= 0.3 is 0 Å². The Balaban J connectivity index is 0.000000720. The molecule has 0 atom stereocenters. The Morgan fingerprint density at radius 3 is 2.83 bits per heavy atom. The quantitative estimate of drug-likeness (QED) is 0.703. The third kappa shape index (κ3) is 1.34. The number of fused-ring (bicyclic) bond motifs is 1. The summed E-state index contributed by atoms with van der Waals surface area (Å²) in [5.74, 6) is 0.271. The molecule has 0 saturated heterocycles. The lowest BCUT2D eigenvalue weighted by Crippen LogP contribution is -2.08. The molecular formula is C8H10ClNOS. The maximum atomic E-state index is 11.3. The van der Waals surface area contributed by atoms with Crippen molar-refractivity contribution in [3.63, 3.8) is 0 Å². The number of carbonyl (C=O) groups excluding carboxylic acids is 1. The molecule has 0 radical (unpaired) electrons. The van der Waals surface area contributed by atoms with Gasteiger partial charge in [0.15, 0.2) is 5.78 Å². The minimum absolute atomic E-state index is 0. The smallest absolute Gasteiger partial charge is 0.173 e. The summed E-state index contributed by atoms with van der Waals surface area (Å²) in [6.45, 7) is 0. The van der Waals surface area contributed by atoms with Crippen LogP contribution in [0.3, 0.4) is 0 Å². The van der Waals surface area contributed by atoms with Gasteiger partial charge in [-0.1, -0.05) is 0 Å². The lowest BCUT2D eigenvalue weighted by atomic mass is 9.97. The van der Waals surface area contributed by atoms with Crippen LogP contribution in [0.2, 0.25) is 0 Å². The Bertz CT molecular complexity index is 308. The van der Waals surface area contributed by atoms with Gasteiger partial charge in [-0.15, -0.1) is 23.7 Å². The highest BCUT2D eigenvalue weighted by Crippen LogP contribution is 2.31. The van der Waals surface area contributed by atoms with E-state index in [1.807, 2.05) is 5.38 Å². The topological polar surface area (TPSA) is 43.1 Å². The van der Waals surface area contributed by atoms with E-state index in [0.717, 1.165) is 29.0 Å². The molecule has 0 amide bonds. The molecule has 2 rings (SSSR count). The fourth-order valence-electron chi connectivity index (χ4n) is 1.43. The normalized spacial score (nSPS) is 15.2. The van der Waals surface area contributed by atoms with Gasteiger partial charge in [0, 0.05) is 17.5 Å². The van der Waals surface area contributed by atoms with Crippen molar-refractivity contribution in [3.8, 4) is 0 Å². The van der Waals surface area contributed by atoms with Crippen LogP contribution in [0.5, 0.6) is 0 Å². The maximum absolute atomic E-state index is 11.3. The zero-order valence-electron chi connectivity index (χ0n) is 6.50. The minimum Gasteiger partial charge on any atom is -0.398 e. The molecule has 12 heavy (non-hydrogen) atoms. The largest absolute Gasteiger partial charge is 0.398 e. The van der Waals surface area contributed by atoms with E-state index >= 15 is 0 Å². The van der Waals surface area contributed by atoms with Gasteiger partial charge in [0.25, 0.3) is 0 Å². The molecular weight excluding hydrogens is 194 g/mol. The third-order valence-corrected chi connectivity index (χ3v) is 3.09. The summed E-state index contributed by atoms with van der Waals surface area (Å²) in [5, 5.41) is 1.87. The first-order valence-electron chi connectivity index (χ1n) is 3.68. The zero-order chi connectivity index (χ0) is 7.84. The van der Waals surface area contributed by atoms with Gasteiger partial charge in [-0.05, 0) is 18.4 Å². The van der Waals surface area contributed by atoms with Crippen molar-refractivity contribution >= 4 is 35.2 Å². The van der Waals surface area contributed by atoms with E-state index < -0.39 is 0 Å². The van der Waals surface area contributed by atoms with Gasteiger partial charge in [0.1, 0.15) is 0 Å². The van der Waals surface area contributed by atoms with Crippen LogP contribution >= 0.6 is 23.7 Å². The lowest BCUT2D eigenvalue weighted by Gasteiger charge is -2.09. The monoisotopic (exact) mass is 203 g/mol. The Morgan fingerprint density at radius 2 is 2.17 bits per heavy atom. The number of rotatable bonds is 0. The van der Waals surface area contributed by atoms with Crippen molar-refractivity contribution < 1.29 is 4.79 Å². The van der Waals surface area contributed by atoms with E-state index in [1.165, 1.54) is 11.3 Å². The molecule has 1 aromatic rings. The number of halogens is 1.